The normalized spacial score (nSPS) is 16.7. The van der Waals surface area contributed by atoms with Crippen LogP contribution in [0.4, 0.5) is 8.78 Å². The standard InChI is InChI=1S/C4H9F2O3P/c5-1-3-9-10(7,8)4-2-6/h1-4H2,(H,7,8). The summed E-state index contributed by atoms with van der Waals surface area (Å²) >= 11 is 0. The molecular weight excluding hydrogens is 165 g/mol. The van der Waals surface area contributed by atoms with Crippen LogP contribution in [0.3, 0.4) is 0 Å². The zero-order valence-corrected chi connectivity index (χ0v) is 6.19. The lowest BCUT2D eigenvalue weighted by Gasteiger charge is -2.07. The highest BCUT2D eigenvalue weighted by atomic mass is 31.2. The topological polar surface area (TPSA) is 46.5 Å². The van der Waals surface area contributed by atoms with Crippen molar-refractivity contribution in [3.05, 3.63) is 0 Å². The Labute approximate surface area is 57.5 Å². The van der Waals surface area contributed by atoms with Crippen molar-refractivity contribution in [1.82, 2.24) is 0 Å². The van der Waals surface area contributed by atoms with Gasteiger partial charge in [-0.25, -0.2) is 4.39 Å². The van der Waals surface area contributed by atoms with Gasteiger partial charge in [0.25, 0.3) is 0 Å². The highest BCUT2D eigenvalue weighted by molar-refractivity contribution is 7.52. The molecule has 0 aromatic rings. The molecule has 0 aliphatic carbocycles. The lowest BCUT2D eigenvalue weighted by Crippen LogP contribution is -1.98. The monoisotopic (exact) mass is 174 g/mol. The third-order valence-corrected chi connectivity index (χ3v) is 2.06. The molecule has 0 rings (SSSR count). The Bertz CT molecular complexity index is 130. The fraction of sp³-hybridized carbons (Fsp3) is 1.00. The van der Waals surface area contributed by atoms with Crippen LogP contribution < -0.4 is 0 Å². The van der Waals surface area contributed by atoms with Crippen molar-refractivity contribution in [3.8, 4) is 0 Å². The summed E-state index contributed by atoms with van der Waals surface area (Å²) in [5, 5.41) is 0. The Hall–Kier alpha value is 0.01000. The van der Waals surface area contributed by atoms with Gasteiger partial charge in [-0.05, 0) is 0 Å². The summed E-state index contributed by atoms with van der Waals surface area (Å²) in [6, 6.07) is 0. The zero-order valence-electron chi connectivity index (χ0n) is 5.30. The van der Waals surface area contributed by atoms with E-state index in [9.17, 15) is 13.3 Å². The summed E-state index contributed by atoms with van der Waals surface area (Å²) in [6.07, 6.45) is -0.562. The molecule has 0 fully saturated rings. The van der Waals surface area contributed by atoms with Crippen molar-refractivity contribution >= 4 is 7.60 Å². The predicted molar refractivity (Wildman–Crippen MR) is 32.6 cm³/mol. The highest BCUT2D eigenvalue weighted by Crippen LogP contribution is 2.40. The van der Waals surface area contributed by atoms with Gasteiger partial charge in [0.15, 0.2) is 0 Å². The van der Waals surface area contributed by atoms with Gasteiger partial charge in [0, 0.05) is 0 Å². The molecule has 0 heterocycles. The first-order valence-electron chi connectivity index (χ1n) is 2.70. The first-order chi connectivity index (χ1) is 4.62. The molecule has 0 aromatic carbocycles. The molecule has 62 valence electrons. The number of rotatable bonds is 5. The van der Waals surface area contributed by atoms with Crippen molar-refractivity contribution < 1.29 is 22.8 Å². The van der Waals surface area contributed by atoms with Gasteiger partial charge in [-0.2, -0.15) is 0 Å². The van der Waals surface area contributed by atoms with Gasteiger partial charge < -0.3 is 9.42 Å². The van der Waals surface area contributed by atoms with Crippen LogP contribution in [0.15, 0.2) is 0 Å². The average Bonchev–Trinajstić information content (AvgIpc) is 1.84. The van der Waals surface area contributed by atoms with Crippen molar-refractivity contribution in [1.29, 1.82) is 0 Å². The smallest absolute Gasteiger partial charge is 0.324 e. The number of alkyl halides is 2. The molecule has 0 saturated heterocycles. The fourth-order valence-electron chi connectivity index (χ4n) is 0.348. The second kappa shape index (κ2) is 4.77. The zero-order chi connectivity index (χ0) is 8.04. The van der Waals surface area contributed by atoms with Crippen molar-refractivity contribution in [2.45, 2.75) is 0 Å². The van der Waals surface area contributed by atoms with Crippen LogP contribution in [-0.2, 0) is 9.09 Å². The van der Waals surface area contributed by atoms with Crippen molar-refractivity contribution in [3.63, 3.8) is 0 Å². The first kappa shape index (κ1) is 10.0. The van der Waals surface area contributed by atoms with E-state index in [0.29, 0.717) is 0 Å². The maximum atomic E-state index is 11.4. The molecule has 0 radical (unpaired) electrons. The second-order valence-corrected chi connectivity index (χ2v) is 3.55. The van der Waals surface area contributed by atoms with Gasteiger partial charge in [0.1, 0.15) is 13.3 Å². The molecule has 0 spiro atoms. The minimum atomic E-state index is -3.82. The minimum absolute atomic E-state index is 0.451. The molecule has 0 aromatic heterocycles. The molecule has 6 heteroatoms. The Morgan fingerprint density at radius 3 is 2.40 bits per heavy atom. The van der Waals surface area contributed by atoms with E-state index >= 15 is 0 Å². The van der Waals surface area contributed by atoms with Gasteiger partial charge in [-0.1, -0.05) is 0 Å². The molecule has 0 aliphatic rings. The summed E-state index contributed by atoms with van der Waals surface area (Å²) in [5.74, 6) is 0. The van der Waals surface area contributed by atoms with Crippen LogP contribution in [0.2, 0.25) is 0 Å². The van der Waals surface area contributed by atoms with E-state index in [0.717, 1.165) is 0 Å². The van der Waals surface area contributed by atoms with Crippen LogP contribution in [-0.4, -0.2) is 31.0 Å². The number of hydrogen-bond donors (Lipinski definition) is 1. The quantitative estimate of drug-likeness (QED) is 0.635. The second-order valence-electron chi connectivity index (χ2n) is 1.57. The van der Waals surface area contributed by atoms with Gasteiger partial charge >= 0.3 is 7.60 Å². The summed E-state index contributed by atoms with van der Waals surface area (Å²) in [6.45, 7) is -2.22. The Kier molecular flexibility index (Phi) is 4.77. The molecular formula is C4H9F2O3P. The van der Waals surface area contributed by atoms with Crippen molar-refractivity contribution in [2.24, 2.45) is 0 Å². The van der Waals surface area contributed by atoms with Gasteiger partial charge in [-0.15, -0.1) is 0 Å². The van der Waals surface area contributed by atoms with E-state index in [1.807, 2.05) is 0 Å². The molecule has 0 saturated carbocycles. The third-order valence-electron chi connectivity index (χ3n) is 0.737. The van der Waals surface area contributed by atoms with Gasteiger partial charge in [-0.3, -0.25) is 8.96 Å². The lowest BCUT2D eigenvalue weighted by atomic mass is 10.9. The van der Waals surface area contributed by atoms with Gasteiger partial charge in [0.2, 0.25) is 0 Å². The van der Waals surface area contributed by atoms with Crippen LogP contribution in [0.25, 0.3) is 0 Å². The molecule has 1 unspecified atom stereocenters. The molecule has 10 heavy (non-hydrogen) atoms. The molecule has 0 amide bonds. The molecule has 0 aliphatic heterocycles. The highest BCUT2D eigenvalue weighted by Gasteiger charge is 2.17. The third kappa shape index (κ3) is 4.85. The van der Waals surface area contributed by atoms with Crippen LogP contribution >= 0.6 is 7.60 Å². The van der Waals surface area contributed by atoms with Crippen molar-refractivity contribution in [2.75, 3.05) is 26.1 Å². The average molecular weight is 174 g/mol. The summed E-state index contributed by atoms with van der Waals surface area (Å²) in [7, 11) is -3.82. The fourth-order valence-corrected chi connectivity index (χ4v) is 1.05. The Morgan fingerprint density at radius 1 is 1.40 bits per heavy atom. The molecule has 1 N–H and O–H groups in total. The van der Waals surface area contributed by atoms with E-state index in [2.05, 4.69) is 4.52 Å². The van der Waals surface area contributed by atoms with Crippen LogP contribution in [0.5, 0.6) is 0 Å². The lowest BCUT2D eigenvalue weighted by molar-refractivity contribution is 0.232. The number of halogens is 2. The van der Waals surface area contributed by atoms with Gasteiger partial charge in [0.05, 0.1) is 12.8 Å². The summed E-state index contributed by atoms with van der Waals surface area (Å²) in [5.41, 5.74) is 0. The van der Waals surface area contributed by atoms with E-state index in [1.54, 1.807) is 0 Å². The molecule has 0 bridgehead atoms. The SMILES string of the molecule is O=P(O)(CCF)OCCF. The predicted octanol–water partition coefficient (Wildman–Crippen LogP) is 1.13. The maximum Gasteiger partial charge on any atom is 0.330 e. The first-order valence-corrected chi connectivity index (χ1v) is 4.47. The summed E-state index contributed by atoms with van der Waals surface area (Å²) in [4.78, 5) is 8.57. The number of hydrogen-bond acceptors (Lipinski definition) is 2. The van der Waals surface area contributed by atoms with Crippen LogP contribution in [0, 0.1) is 0 Å². The minimum Gasteiger partial charge on any atom is -0.324 e. The van der Waals surface area contributed by atoms with E-state index in [4.69, 9.17) is 4.89 Å². The van der Waals surface area contributed by atoms with E-state index < -0.39 is 33.7 Å². The molecule has 1 atom stereocenters. The van der Waals surface area contributed by atoms with E-state index in [-0.39, 0.29) is 0 Å². The summed E-state index contributed by atoms with van der Waals surface area (Å²) < 4.78 is 37.3. The largest absolute Gasteiger partial charge is 0.330 e. The Morgan fingerprint density at radius 2 is 2.00 bits per heavy atom. The maximum absolute atomic E-state index is 11.4. The van der Waals surface area contributed by atoms with Crippen LogP contribution in [0.1, 0.15) is 0 Å². The Balaban J connectivity index is 3.53. The van der Waals surface area contributed by atoms with E-state index in [1.165, 1.54) is 0 Å². The molecule has 3 nitrogen and oxygen atoms in total.